The van der Waals surface area contributed by atoms with Crippen LogP contribution in [0, 0.1) is 11.3 Å². The van der Waals surface area contributed by atoms with Crippen molar-refractivity contribution in [1.29, 1.82) is 5.26 Å². The first-order chi connectivity index (χ1) is 8.99. The molecule has 1 rings (SSSR count). The maximum absolute atomic E-state index is 12.3. The molecule has 0 aromatic heterocycles. The lowest BCUT2D eigenvalue weighted by atomic mass is 10.1. The SMILES string of the molecule is CCN(C(=O)c1cccc(C#N)c1)C(C)CC(=O)O. The molecule has 1 unspecified atom stereocenters. The Labute approximate surface area is 112 Å². The van der Waals surface area contributed by atoms with Crippen molar-refractivity contribution >= 4 is 11.9 Å². The van der Waals surface area contributed by atoms with Crippen molar-refractivity contribution < 1.29 is 14.7 Å². The van der Waals surface area contributed by atoms with Crippen molar-refractivity contribution in [3.63, 3.8) is 0 Å². The number of aliphatic carboxylic acids is 1. The molecule has 0 spiro atoms. The third-order valence-corrected chi connectivity index (χ3v) is 2.84. The smallest absolute Gasteiger partial charge is 0.305 e. The van der Waals surface area contributed by atoms with E-state index in [2.05, 4.69) is 0 Å². The van der Waals surface area contributed by atoms with Gasteiger partial charge in [-0.15, -0.1) is 0 Å². The molecular formula is C14H16N2O3. The van der Waals surface area contributed by atoms with E-state index < -0.39 is 5.97 Å². The summed E-state index contributed by atoms with van der Waals surface area (Å²) >= 11 is 0. The summed E-state index contributed by atoms with van der Waals surface area (Å²) in [5, 5.41) is 17.6. The molecule has 1 aromatic rings. The summed E-state index contributed by atoms with van der Waals surface area (Å²) in [6.07, 6.45) is -0.0997. The van der Waals surface area contributed by atoms with E-state index in [1.165, 1.54) is 11.0 Å². The van der Waals surface area contributed by atoms with Crippen LogP contribution in [-0.4, -0.2) is 34.5 Å². The van der Waals surface area contributed by atoms with Gasteiger partial charge in [0, 0.05) is 18.2 Å². The molecule has 100 valence electrons. The van der Waals surface area contributed by atoms with E-state index in [0.29, 0.717) is 17.7 Å². The summed E-state index contributed by atoms with van der Waals surface area (Å²) in [5.41, 5.74) is 0.811. The van der Waals surface area contributed by atoms with E-state index in [-0.39, 0.29) is 18.4 Å². The van der Waals surface area contributed by atoms with Crippen LogP contribution in [0.3, 0.4) is 0 Å². The zero-order valence-electron chi connectivity index (χ0n) is 11.0. The first-order valence-electron chi connectivity index (χ1n) is 6.02. The summed E-state index contributed by atoms with van der Waals surface area (Å²) in [5.74, 6) is -1.20. The molecule has 0 aliphatic heterocycles. The van der Waals surface area contributed by atoms with Crippen molar-refractivity contribution in [2.24, 2.45) is 0 Å². The van der Waals surface area contributed by atoms with Crippen LogP contribution >= 0.6 is 0 Å². The predicted molar refractivity (Wildman–Crippen MR) is 69.6 cm³/mol. The molecule has 0 radical (unpaired) electrons. The third kappa shape index (κ3) is 3.81. The van der Waals surface area contributed by atoms with Crippen LogP contribution in [0.4, 0.5) is 0 Å². The van der Waals surface area contributed by atoms with Crippen LogP contribution in [0.25, 0.3) is 0 Å². The summed E-state index contributed by atoms with van der Waals surface area (Å²) in [6, 6.07) is 7.98. The molecule has 0 saturated carbocycles. The van der Waals surface area contributed by atoms with Gasteiger partial charge in [-0.3, -0.25) is 9.59 Å². The number of carbonyl (C=O) groups is 2. The van der Waals surface area contributed by atoms with Crippen LogP contribution in [0.5, 0.6) is 0 Å². The highest BCUT2D eigenvalue weighted by Gasteiger charge is 2.22. The quantitative estimate of drug-likeness (QED) is 0.876. The molecule has 1 atom stereocenters. The van der Waals surface area contributed by atoms with Crippen molar-refractivity contribution in [2.45, 2.75) is 26.3 Å². The van der Waals surface area contributed by atoms with Gasteiger partial charge in [0.05, 0.1) is 18.1 Å². The molecule has 1 amide bonds. The Balaban J connectivity index is 2.95. The molecule has 1 N–H and O–H groups in total. The Hall–Kier alpha value is -2.35. The zero-order chi connectivity index (χ0) is 14.4. The maximum atomic E-state index is 12.3. The maximum Gasteiger partial charge on any atom is 0.305 e. The second kappa shape index (κ2) is 6.55. The van der Waals surface area contributed by atoms with E-state index >= 15 is 0 Å². The van der Waals surface area contributed by atoms with Gasteiger partial charge in [-0.05, 0) is 32.0 Å². The monoisotopic (exact) mass is 260 g/mol. The van der Waals surface area contributed by atoms with Gasteiger partial charge in [-0.1, -0.05) is 6.07 Å². The minimum absolute atomic E-state index is 0.0997. The highest BCUT2D eigenvalue weighted by molar-refractivity contribution is 5.95. The van der Waals surface area contributed by atoms with E-state index in [4.69, 9.17) is 10.4 Å². The van der Waals surface area contributed by atoms with Gasteiger partial charge in [0.15, 0.2) is 0 Å². The molecule has 19 heavy (non-hydrogen) atoms. The fraction of sp³-hybridized carbons (Fsp3) is 0.357. The number of carboxylic acid groups (broad SMARTS) is 1. The van der Waals surface area contributed by atoms with Crippen LogP contribution < -0.4 is 0 Å². The first kappa shape index (κ1) is 14.7. The molecule has 5 nitrogen and oxygen atoms in total. The molecule has 0 aliphatic rings. The van der Waals surface area contributed by atoms with E-state index in [0.717, 1.165) is 0 Å². The van der Waals surface area contributed by atoms with Gasteiger partial charge >= 0.3 is 5.97 Å². The molecule has 0 fully saturated rings. The number of amides is 1. The lowest BCUT2D eigenvalue weighted by Gasteiger charge is -2.27. The molecule has 5 heteroatoms. The number of benzene rings is 1. The highest BCUT2D eigenvalue weighted by Crippen LogP contribution is 2.12. The van der Waals surface area contributed by atoms with Crippen LogP contribution in [-0.2, 0) is 4.79 Å². The molecule has 0 heterocycles. The Morgan fingerprint density at radius 2 is 2.16 bits per heavy atom. The summed E-state index contributed by atoms with van der Waals surface area (Å²) in [4.78, 5) is 24.5. The molecule has 0 aliphatic carbocycles. The average molecular weight is 260 g/mol. The summed E-state index contributed by atoms with van der Waals surface area (Å²) in [6.45, 7) is 3.91. The Kier molecular flexibility index (Phi) is 5.07. The molecule has 1 aromatic carbocycles. The number of carboxylic acids is 1. The minimum Gasteiger partial charge on any atom is -0.481 e. The molecular weight excluding hydrogens is 244 g/mol. The number of rotatable bonds is 5. The Bertz CT molecular complexity index is 520. The van der Waals surface area contributed by atoms with Gasteiger partial charge in [0.2, 0.25) is 0 Å². The number of nitrogens with zero attached hydrogens (tertiary/aromatic N) is 2. The number of hydrogen-bond acceptors (Lipinski definition) is 3. The molecule has 0 bridgehead atoms. The molecule has 0 saturated heterocycles. The number of carbonyl (C=O) groups excluding carboxylic acids is 1. The topological polar surface area (TPSA) is 81.4 Å². The first-order valence-corrected chi connectivity index (χ1v) is 6.02. The largest absolute Gasteiger partial charge is 0.481 e. The second-order valence-corrected chi connectivity index (χ2v) is 4.23. The number of hydrogen-bond donors (Lipinski definition) is 1. The van der Waals surface area contributed by atoms with Crippen LogP contribution in [0.1, 0.15) is 36.2 Å². The number of nitriles is 1. The Morgan fingerprint density at radius 3 is 2.68 bits per heavy atom. The van der Waals surface area contributed by atoms with E-state index in [1.807, 2.05) is 6.07 Å². The normalized spacial score (nSPS) is 11.4. The average Bonchev–Trinajstić information content (AvgIpc) is 2.38. The van der Waals surface area contributed by atoms with Gasteiger partial charge in [-0.2, -0.15) is 5.26 Å². The lowest BCUT2D eigenvalue weighted by Crippen LogP contribution is -2.39. The lowest BCUT2D eigenvalue weighted by molar-refractivity contribution is -0.138. The van der Waals surface area contributed by atoms with E-state index in [1.54, 1.807) is 32.0 Å². The Morgan fingerprint density at radius 1 is 1.47 bits per heavy atom. The van der Waals surface area contributed by atoms with Gasteiger partial charge in [0.25, 0.3) is 5.91 Å². The van der Waals surface area contributed by atoms with Gasteiger partial charge < -0.3 is 10.0 Å². The van der Waals surface area contributed by atoms with E-state index in [9.17, 15) is 9.59 Å². The van der Waals surface area contributed by atoms with Crippen LogP contribution in [0.2, 0.25) is 0 Å². The zero-order valence-corrected chi connectivity index (χ0v) is 11.0. The van der Waals surface area contributed by atoms with Crippen molar-refractivity contribution in [2.75, 3.05) is 6.54 Å². The van der Waals surface area contributed by atoms with Crippen LogP contribution in [0.15, 0.2) is 24.3 Å². The van der Waals surface area contributed by atoms with Crippen molar-refractivity contribution in [3.05, 3.63) is 35.4 Å². The van der Waals surface area contributed by atoms with Gasteiger partial charge in [-0.25, -0.2) is 0 Å². The third-order valence-electron chi connectivity index (χ3n) is 2.84. The fourth-order valence-corrected chi connectivity index (χ4v) is 1.91. The van der Waals surface area contributed by atoms with Gasteiger partial charge in [0.1, 0.15) is 0 Å². The van der Waals surface area contributed by atoms with Crippen molar-refractivity contribution in [1.82, 2.24) is 4.90 Å². The summed E-state index contributed by atoms with van der Waals surface area (Å²) < 4.78 is 0. The minimum atomic E-state index is -0.940. The highest BCUT2D eigenvalue weighted by atomic mass is 16.4. The second-order valence-electron chi connectivity index (χ2n) is 4.23. The summed E-state index contributed by atoms with van der Waals surface area (Å²) in [7, 11) is 0. The standard InChI is InChI=1S/C14H16N2O3/c1-3-16(10(2)7-13(17)18)14(19)12-6-4-5-11(8-12)9-15/h4-6,8,10H,3,7H2,1-2H3,(H,17,18). The fourth-order valence-electron chi connectivity index (χ4n) is 1.91. The van der Waals surface area contributed by atoms with Crippen molar-refractivity contribution in [3.8, 4) is 6.07 Å². The predicted octanol–water partition coefficient (Wildman–Crippen LogP) is 1.88.